The maximum absolute atomic E-state index is 10.3. The molecule has 0 aliphatic rings. The molecule has 0 aliphatic heterocycles. The Balaban J connectivity index is 2.77. The van der Waals surface area contributed by atoms with Gasteiger partial charge in [-0.1, -0.05) is 11.6 Å². The lowest BCUT2D eigenvalue weighted by molar-refractivity contribution is -0.134. The number of aliphatic carboxylic acids is 1. The summed E-state index contributed by atoms with van der Waals surface area (Å²) in [5, 5.41) is 11.8. The average molecular weight is 229 g/mol. The highest BCUT2D eigenvalue weighted by Crippen LogP contribution is 2.27. The Hall–Kier alpha value is -1.42. The number of anilines is 2. The lowest BCUT2D eigenvalue weighted by Crippen LogP contribution is -2.13. The molecule has 1 rings (SSSR count). The number of carboxylic acid groups (broad SMARTS) is 1. The minimum atomic E-state index is -0.900. The van der Waals surface area contributed by atoms with E-state index >= 15 is 0 Å². The summed E-state index contributed by atoms with van der Waals surface area (Å²) in [5.74, 6) is -0.900. The predicted octanol–water partition coefficient (Wildman–Crippen LogP) is 1.90. The zero-order valence-electron chi connectivity index (χ0n) is 8.62. The molecule has 0 fully saturated rings. The van der Waals surface area contributed by atoms with Gasteiger partial charge in [0.25, 0.3) is 0 Å². The van der Waals surface area contributed by atoms with Gasteiger partial charge in [-0.15, -0.1) is 0 Å². The van der Waals surface area contributed by atoms with Crippen LogP contribution in [0.4, 0.5) is 11.4 Å². The summed E-state index contributed by atoms with van der Waals surface area (Å²) in [6, 6.07) is 5.34. The van der Waals surface area contributed by atoms with E-state index in [1.165, 1.54) is 0 Å². The zero-order valence-corrected chi connectivity index (χ0v) is 9.38. The Bertz CT molecular complexity index is 366. The van der Waals surface area contributed by atoms with E-state index in [4.69, 9.17) is 16.7 Å². The van der Waals surface area contributed by atoms with Gasteiger partial charge in [-0.05, 0) is 18.2 Å². The maximum atomic E-state index is 10.3. The third-order valence-electron chi connectivity index (χ3n) is 1.87. The molecule has 82 valence electrons. The van der Waals surface area contributed by atoms with Crippen molar-refractivity contribution in [2.45, 2.75) is 0 Å². The molecule has 5 heteroatoms. The second-order valence-electron chi connectivity index (χ2n) is 3.31. The number of hydrogen-bond donors (Lipinski definition) is 2. The summed E-state index contributed by atoms with van der Waals surface area (Å²) < 4.78 is 0. The zero-order chi connectivity index (χ0) is 11.4. The average Bonchev–Trinajstić information content (AvgIpc) is 2.14. The van der Waals surface area contributed by atoms with Crippen LogP contribution in [0.1, 0.15) is 0 Å². The van der Waals surface area contributed by atoms with E-state index in [2.05, 4.69) is 5.32 Å². The standard InChI is InChI=1S/C10H13ClN2O2/c1-13(2)9-4-3-7(5-8(9)11)12-6-10(14)15/h3-5,12H,6H2,1-2H3,(H,14,15). The van der Waals surface area contributed by atoms with Gasteiger partial charge in [0.15, 0.2) is 0 Å². The topological polar surface area (TPSA) is 52.6 Å². The van der Waals surface area contributed by atoms with Gasteiger partial charge in [0.05, 0.1) is 10.7 Å². The third-order valence-corrected chi connectivity index (χ3v) is 2.18. The van der Waals surface area contributed by atoms with Crippen molar-refractivity contribution in [2.24, 2.45) is 0 Å². The number of carboxylic acids is 1. The highest BCUT2D eigenvalue weighted by molar-refractivity contribution is 6.33. The van der Waals surface area contributed by atoms with Crippen molar-refractivity contribution >= 4 is 28.9 Å². The van der Waals surface area contributed by atoms with Crippen molar-refractivity contribution in [3.8, 4) is 0 Å². The largest absolute Gasteiger partial charge is 0.480 e. The molecule has 4 nitrogen and oxygen atoms in total. The molecule has 1 aromatic rings. The fraction of sp³-hybridized carbons (Fsp3) is 0.300. The minimum Gasteiger partial charge on any atom is -0.480 e. The van der Waals surface area contributed by atoms with Gasteiger partial charge in [-0.2, -0.15) is 0 Å². The Morgan fingerprint density at radius 3 is 2.67 bits per heavy atom. The van der Waals surface area contributed by atoms with Crippen LogP contribution in [0.5, 0.6) is 0 Å². The molecule has 0 saturated carbocycles. The number of rotatable bonds is 4. The van der Waals surface area contributed by atoms with Crippen molar-refractivity contribution in [2.75, 3.05) is 30.9 Å². The van der Waals surface area contributed by atoms with E-state index < -0.39 is 5.97 Å². The maximum Gasteiger partial charge on any atom is 0.322 e. The Morgan fingerprint density at radius 2 is 2.20 bits per heavy atom. The predicted molar refractivity (Wildman–Crippen MR) is 61.9 cm³/mol. The normalized spacial score (nSPS) is 9.80. The molecule has 0 radical (unpaired) electrons. The lowest BCUT2D eigenvalue weighted by atomic mass is 10.2. The van der Waals surface area contributed by atoms with Gasteiger partial charge >= 0.3 is 5.97 Å². The van der Waals surface area contributed by atoms with Gasteiger partial charge in [0.1, 0.15) is 6.54 Å². The van der Waals surface area contributed by atoms with Crippen LogP contribution in [0.2, 0.25) is 5.02 Å². The highest BCUT2D eigenvalue weighted by Gasteiger charge is 2.04. The molecule has 0 saturated heterocycles. The molecule has 0 amide bonds. The smallest absolute Gasteiger partial charge is 0.322 e. The second-order valence-corrected chi connectivity index (χ2v) is 3.72. The summed E-state index contributed by atoms with van der Waals surface area (Å²) >= 11 is 6.01. The number of carbonyl (C=O) groups is 1. The van der Waals surface area contributed by atoms with Gasteiger partial charge in [0, 0.05) is 19.8 Å². The van der Waals surface area contributed by atoms with Crippen LogP contribution in [0, 0.1) is 0 Å². The molecule has 0 spiro atoms. The van der Waals surface area contributed by atoms with Gasteiger partial charge in [-0.3, -0.25) is 4.79 Å². The lowest BCUT2D eigenvalue weighted by Gasteiger charge is -2.15. The van der Waals surface area contributed by atoms with E-state index in [1.807, 2.05) is 25.1 Å². The van der Waals surface area contributed by atoms with E-state index in [0.717, 1.165) is 5.69 Å². The summed E-state index contributed by atoms with van der Waals surface area (Å²) in [5.41, 5.74) is 1.60. The molecule has 0 aliphatic carbocycles. The summed E-state index contributed by atoms with van der Waals surface area (Å²) in [7, 11) is 3.79. The van der Waals surface area contributed by atoms with E-state index in [9.17, 15) is 4.79 Å². The highest BCUT2D eigenvalue weighted by atomic mass is 35.5. The Kier molecular flexibility index (Phi) is 3.80. The first kappa shape index (κ1) is 11.7. The van der Waals surface area contributed by atoms with Gasteiger partial charge in [0.2, 0.25) is 0 Å². The summed E-state index contributed by atoms with van der Waals surface area (Å²) in [6.45, 7) is -0.113. The van der Waals surface area contributed by atoms with E-state index in [-0.39, 0.29) is 6.54 Å². The summed E-state index contributed by atoms with van der Waals surface area (Å²) in [4.78, 5) is 12.2. The molecular formula is C10H13ClN2O2. The van der Waals surface area contributed by atoms with Crippen molar-refractivity contribution in [1.29, 1.82) is 0 Å². The van der Waals surface area contributed by atoms with E-state index in [0.29, 0.717) is 10.7 Å². The second kappa shape index (κ2) is 4.89. The quantitative estimate of drug-likeness (QED) is 0.827. The SMILES string of the molecule is CN(C)c1ccc(NCC(=O)O)cc1Cl. The molecule has 0 bridgehead atoms. The van der Waals surface area contributed by atoms with Gasteiger partial charge in [-0.25, -0.2) is 0 Å². The molecule has 1 aromatic carbocycles. The molecule has 0 unspecified atom stereocenters. The van der Waals surface area contributed by atoms with Gasteiger partial charge < -0.3 is 15.3 Å². The van der Waals surface area contributed by atoms with Crippen LogP contribution in [0.3, 0.4) is 0 Å². The Morgan fingerprint density at radius 1 is 1.53 bits per heavy atom. The van der Waals surface area contributed by atoms with Crippen LogP contribution >= 0.6 is 11.6 Å². The number of benzene rings is 1. The fourth-order valence-electron chi connectivity index (χ4n) is 1.16. The number of hydrogen-bond acceptors (Lipinski definition) is 3. The van der Waals surface area contributed by atoms with Crippen LogP contribution in [-0.2, 0) is 4.79 Å². The van der Waals surface area contributed by atoms with Crippen LogP contribution in [-0.4, -0.2) is 31.7 Å². The number of nitrogens with one attached hydrogen (secondary N) is 1. The molecule has 0 heterocycles. The van der Waals surface area contributed by atoms with Crippen molar-refractivity contribution in [3.05, 3.63) is 23.2 Å². The first-order chi connectivity index (χ1) is 7.00. The molecule has 2 N–H and O–H groups in total. The van der Waals surface area contributed by atoms with Crippen LogP contribution < -0.4 is 10.2 Å². The van der Waals surface area contributed by atoms with Crippen molar-refractivity contribution in [3.63, 3.8) is 0 Å². The monoisotopic (exact) mass is 228 g/mol. The third kappa shape index (κ3) is 3.32. The molecule has 0 aromatic heterocycles. The molecule has 15 heavy (non-hydrogen) atoms. The van der Waals surface area contributed by atoms with Crippen LogP contribution in [0.25, 0.3) is 0 Å². The first-order valence-electron chi connectivity index (χ1n) is 4.43. The van der Waals surface area contributed by atoms with E-state index in [1.54, 1.807) is 12.1 Å². The first-order valence-corrected chi connectivity index (χ1v) is 4.81. The van der Waals surface area contributed by atoms with Crippen molar-refractivity contribution < 1.29 is 9.90 Å². The Labute approximate surface area is 93.5 Å². The van der Waals surface area contributed by atoms with Crippen molar-refractivity contribution in [1.82, 2.24) is 0 Å². The van der Waals surface area contributed by atoms with Crippen LogP contribution in [0.15, 0.2) is 18.2 Å². The molecular weight excluding hydrogens is 216 g/mol. The molecule has 0 atom stereocenters. The number of halogens is 1. The summed E-state index contributed by atoms with van der Waals surface area (Å²) in [6.07, 6.45) is 0. The fourth-order valence-corrected chi connectivity index (χ4v) is 1.51. The minimum absolute atomic E-state index is 0.113. The number of nitrogens with zero attached hydrogens (tertiary/aromatic N) is 1.